The van der Waals surface area contributed by atoms with Crippen LogP contribution in [0.5, 0.6) is 0 Å². The van der Waals surface area contributed by atoms with Crippen molar-refractivity contribution in [2.75, 3.05) is 11.9 Å². The molecular weight excluding hydrogens is 274 g/mol. The van der Waals surface area contributed by atoms with Crippen LogP contribution in [0.2, 0.25) is 5.15 Å². The van der Waals surface area contributed by atoms with E-state index in [1.54, 1.807) is 0 Å². The normalized spacial score (nSPS) is 13.1. The molecule has 1 aromatic heterocycles. The summed E-state index contributed by atoms with van der Waals surface area (Å²) < 4.78 is 0. The van der Waals surface area contributed by atoms with Gasteiger partial charge in [-0.1, -0.05) is 52.1 Å². The van der Waals surface area contributed by atoms with Crippen molar-refractivity contribution >= 4 is 17.4 Å². The van der Waals surface area contributed by atoms with Gasteiger partial charge in [0.1, 0.15) is 16.8 Å². The summed E-state index contributed by atoms with van der Waals surface area (Å²) in [4.78, 5) is 8.78. The van der Waals surface area contributed by atoms with Crippen LogP contribution in [0, 0.1) is 12.8 Å². The van der Waals surface area contributed by atoms with E-state index in [1.807, 2.05) is 20.8 Å². The molecule has 0 aliphatic rings. The summed E-state index contributed by atoms with van der Waals surface area (Å²) >= 11 is 6.14. The second-order valence-corrected chi connectivity index (χ2v) is 5.88. The second-order valence-electron chi connectivity index (χ2n) is 5.53. The van der Waals surface area contributed by atoms with Crippen LogP contribution in [-0.4, -0.2) is 27.7 Å². The molecule has 2 N–H and O–H groups in total. The Bertz CT molecular complexity index is 433. The van der Waals surface area contributed by atoms with Crippen molar-refractivity contribution in [3.05, 3.63) is 16.5 Å². The molecule has 0 saturated carbocycles. The van der Waals surface area contributed by atoms with E-state index >= 15 is 0 Å². The van der Waals surface area contributed by atoms with Gasteiger partial charge in [-0.25, -0.2) is 9.97 Å². The molecule has 0 aliphatic heterocycles. The number of hydrogen-bond acceptors (Lipinski definition) is 4. The molecule has 5 heteroatoms. The summed E-state index contributed by atoms with van der Waals surface area (Å²) in [5.41, 5.74) is 0.827. The minimum Gasteiger partial charge on any atom is -0.391 e. The molecule has 4 nitrogen and oxygen atoms in total. The van der Waals surface area contributed by atoms with Gasteiger partial charge in [0.2, 0.25) is 0 Å². The van der Waals surface area contributed by atoms with Crippen molar-refractivity contribution in [2.24, 2.45) is 5.92 Å². The molecule has 0 aliphatic carbocycles. The molecule has 0 saturated heterocycles. The van der Waals surface area contributed by atoms with E-state index in [-0.39, 0.29) is 12.0 Å². The first-order valence-electron chi connectivity index (χ1n) is 7.36. The number of nitrogens with zero attached hydrogens (tertiary/aromatic N) is 2. The highest BCUT2D eigenvalue weighted by molar-refractivity contribution is 6.30. The number of aliphatic hydroxyl groups is 1. The van der Waals surface area contributed by atoms with Gasteiger partial charge in [-0.05, 0) is 12.8 Å². The number of aliphatic hydroxyl groups excluding tert-OH is 1. The van der Waals surface area contributed by atoms with Crippen molar-refractivity contribution in [3.63, 3.8) is 0 Å². The summed E-state index contributed by atoms with van der Waals surface area (Å²) in [6.45, 7) is 10.6. The molecule has 114 valence electrons. The molecular formula is C15H26ClN3O. The van der Waals surface area contributed by atoms with Crippen LogP contribution < -0.4 is 5.32 Å². The Labute approximate surface area is 127 Å². The maximum atomic E-state index is 10.2. The molecule has 0 bridgehead atoms. The topological polar surface area (TPSA) is 58.0 Å². The highest BCUT2D eigenvalue weighted by atomic mass is 35.5. The third kappa shape index (κ3) is 4.32. The van der Waals surface area contributed by atoms with Crippen LogP contribution in [0.4, 0.5) is 5.82 Å². The number of aromatic nitrogens is 2. The molecule has 1 atom stereocenters. The van der Waals surface area contributed by atoms with E-state index in [2.05, 4.69) is 29.1 Å². The lowest BCUT2D eigenvalue weighted by molar-refractivity contribution is 0.114. The maximum absolute atomic E-state index is 10.2. The quantitative estimate of drug-likeness (QED) is 0.753. The molecule has 0 spiro atoms. The van der Waals surface area contributed by atoms with Gasteiger partial charge in [-0.15, -0.1) is 0 Å². The summed E-state index contributed by atoms with van der Waals surface area (Å²) in [6.07, 6.45) is 1.57. The Morgan fingerprint density at radius 2 is 1.80 bits per heavy atom. The van der Waals surface area contributed by atoms with Gasteiger partial charge in [-0.3, -0.25) is 0 Å². The number of rotatable bonds is 7. The number of nitrogens with one attached hydrogen (secondary N) is 1. The van der Waals surface area contributed by atoms with Crippen LogP contribution in [0.25, 0.3) is 0 Å². The summed E-state index contributed by atoms with van der Waals surface area (Å²) in [5, 5.41) is 13.9. The molecule has 1 unspecified atom stereocenters. The maximum Gasteiger partial charge on any atom is 0.137 e. The average molecular weight is 300 g/mol. The van der Waals surface area contributed by atoms with Gasteiger partial charge in [0, 0.05) is 18.0 Å². The Morgan fingerprint density at radius 3 is 2.30 bits per heavy atom. The molecule has 0 radical (unpaired) electrons. The average Bonchev–Trinajstić information content (AvgIpc) is 2.41. The zero-order chi connectivity index (χ0) is 15.3. The standard InChI is InChI=1S/C15H26ClN3O/c1-6-11(7-2)12(20)8-17-15-10(5)13(16)18-14(19-15)9(3)4/h9,11-12,20H,6-8H2,1-5H3,(H,17,18,19). The fraction of sp³-hybridized carbons (Fsp3) is 0.733. The summed E-state index contributed by atoms with van der Waals surface area (Å²) in [5.74, 6) is 1.97. The van der Waals surface area contributed by atoms with E-state index in [4.69, 9.17) is 11.6 Å². The lowest BCUT2D eigenvalue weighted by Gasteiger charge is -2.21. The minimum atomic E-state index is -0.374. The summed E-state index contributed by atoms with van der Waals surface area (Å²) in [7, 11) is 0. The first-order chi connectivity index (χ1) is 9.40. The number of anilines is 1. The monoisotopic (exact) mass is 299 g/mol. The van der Waals surface area contributed by atoms with Crippen LogP contribution in [0.15, 0.2) is 0 Å². The van der Waals surface area contributed by atoms with E-state index < -0.39 is 0 Å². The van der Waals surface area contributed by atoms with Gasteiger partial charge in [0.25, 0.3) is 0 Å². The smallest absolute Gasteiger partial charge is 0.137 e. The molecule has 1 aromatic rings. The van der Waals surface area contributed by atoms with Gasteiger partial charge >= 0.3 is 0 Å². The Morgan fingerprint density at radius 1 is 1.20 bits per heavy atom. The van der Waals surface area contributed by atoms with Crippen LogP contribution in [-0.2, 0) is 0 Å². The third-order valence-corrected chi connectivity index (χ3v) is 4.06. The van der Waals surface area contributed by atoms with Gasteiger partial charge in [-0.2, -0.15) is 0 Å². The number of hydrogen-bond donors (Lipinski definition) is 2. The summed E-state index contributed by atoms with van der Waals surface area (Å²) in [6, 6.07) is 0. The minimum absolute atomic E-state index is 0.220. The molecule has 0 fully saturated rings. The van der Waals surface area contributed by atoms with Crippen LogP contribution in [0.1, 0.15) is 57.8 Å². The molecule has 1 rings (SSSR count). The van der Waals surface area contributed by atoms with Crippen molar-refractivity contribution in [1.29, 1.82) is 0 Å². The first kappa shape index (κ1) is 17.2. The van der Waals surface area contributed by atoms with Crippen LogP contribution >= 0.6 is 11.6 Å². The van der Waals surface area contributed by atoms with Crippen LogP contribution in [0.3, 0.4) is 0 Å². The molecule has 20 heavy (non-hydrogen) atoms. The largest absolute Gasteiger partial charge is 0.391 e. The molecule has 1 heterocycles. The van der Waals surface area contributed by atoms with Gasteiger partial charge in [0.05, 0.1) is 6.10 Å². The van der Waals surface area contributed by atoms with Crippen molar-refractivity contribution in [3.8, 4) is 0 Å². The van der Waals surface area contributed by atoms with Gasteiger partial charge in [0.15, 0.2) is 0 Å². The zero-order valence-corrected chi connectivity index (χ0v) is 13.8. The van der Waals surface area contributed by atoms with E-state index in [0.717, 1.165) is 30.0 Å². The number of halogens is 1. The molecule has 0 aromatic carbocycles. The van der Waals surface area contributed by atoms with E-state index in [1.165, 1.54) is 0 Å². The zero-order valence-electron chi connectivity index (χ0n) is 13.1. The Balaban J connectivity index is 2.82. The van der Waals surface area contributed by atoms with E-state index in [0.29, 0.717) is 17.6 Å². The second kappa shape index (κ2) is 7.79. The van der Waals surface area contributed by atoms with Crippen molar-refractivity contribution in [2.45, 2.75) is 59.5 Å². The highest BCUT2D eigenvalue weighted by Gasteiger charge is 2.17. The SMILES string of the molecule is CCC(CC)C(O)CNc1nc(C(C)C)nc(Cl)c1C. The predicted molar refractivity (Wildman–Crippen MR) is 84.4 cm³/mol. The van der Waals surface area contributed by atoms with Crippen molar-refractivity contribution in [1.82, 2.24) is 9.97 Å². The highest BCUT2D eigenvalue weighted by Crippen LogP contribution is 2.23. The predicted octanol–water partition coefficient (Wildman–Crippen LogP) is 3.77. The van der Waals surface area contributed by atoms with Crippen molar-refractivity contribution < 1.29 is 5.11 Å². The first-order valence-corrected chi connectivity index (χ1v) is 7.74. The lowest BCUT2D eigenvalue weighted by Crippen LogP contribution is -2.28. The Hall–Kier alpha value is -0.870. The Kier molecular flexibility index (Phi) is 6.69. The fourth-order valence-electron chi connectivity index (χ4n) is 2.14. The third-order valence-electron chi connectivity index (χ3n) is 3.69. The molecule has 0 amide bonds. The lowest BCUT2D eigenvalue weighted by atomic mass is 9.96. The van der Waals surface area contributed by atoms with Gasteiger partial charge < -0.3 is 10.4 Å². The van der Waals surface area contributed by atoms with E-state index in [9.17, 15) is 5.11 Å². The fourth-order valence-corrected chi connectivity index (χ4v) is 2.31.